The summed E-state index contributed by atoms with van der Waals surface area (Å²) in [7, 11) is -3.69. The first kappa shape index (κ1) is 21.6. The quantitative estimate of drug-likeness (QED) is 0.482. The molecule has 162 valence electrons. The predicted molar refractivity (Wildman–Crippen MR) is 121 cm³/mol. The summed E-state index contributed by atoms with van der Waals surface area (Å²) in [5.74, 6) is 0.236. The molecule has 31 heavy (non-hydrogen) atoms. The van der Waals surface area contributed by atoms with Gasteiger partial charge in [0.25, 0.3) is 0 Å². The molecular formula is C22H24N4O3S2. The van der Waals surface area contributed by atoms with Crippen LogP contribution in [0.2, 0.25) is 0 Å². The number of nitrogens with two attached hydrogens (primary N) is 1. The molecule has 0 unspecified atom stereocenters. The summed E-state index contributed by atoms with van der Waals surface area (Å²) < 4.78 is 24.9. The van der Waals surface area contributed by atoms with Gasteiger partial charge in [0, 0.05) is 12.6 Å². The molecule has 2 aromatic carbocycles. The monoisotopic (exact) mass is 456 g/mol. The van der Waals surface area contributed by atoms with Crippen LogP contribution < -0.4 is 10.5 Å². The molecule has 0 radical (unpaired) electrons. The number of carbonyl (C=O) groups is 1. The number of hydrogen-bond donors (Lipinski definition) is 2. The minimum absolute atomic E-state index is 0.0576. The first-order valence-corrected chi connectivity index (χ1v) is 12.6. The highest BCUT2D eigenvalue weighted by Gasteiger charge is 2.29. The Morgan fingerprint density at radius 3 is 2.48 bits per heavy atom. The van der Waals surface area contributed by atoms with E-state index in [1.54, 1.807) is 12.1 Å². The Bertz CT molecular complexity index is 1160. The van der Waals surface area contributed by atoms with Crippen molar-refractivity contribution >= 4 is 27.7 Å². The van der Waals surface area contributed by atoms with Gasteiger partial charge in [0.15, 0.2) is 5.16 Å². The smallest absolute Gasteiger partial charge is 0.238 e. The number of nitrogens with zero attached hydrogens (tertiary/aromatic N) is 2. The number of sulfonamides is 1. The van der Waals surface area contributed by atoms with E-state index in [9.17, 15) is 13.2 Å². The molecule has 1 saturated carbocycles. The van der Waals surface area contributed by atoms with Crippen molar-refractivity contribution in [3.05, 3.63) is 66.4 Å². The third kappa shape index (κ3) is 5.55. The summed E-state index contributed by atoms with van der Waals surface area (Å²) in [5, 5.41) is 8.88. The highest BCUT2D eigenvalue weighted by molar-refractivity contribution is 7.99. The standard InChI is InChI=1S/C22H24N4O3S2/c23-31(28,29)19-10-6-16(7-11-19)12-13-24-21(27)15-30-22-25-14-20(26(22)18-8-9-18)17-4-2-1-3-5-17/h1-7,10-11,14,18H,8-9,12-13,15H2,(H,24,27)(H2,23,28,29). The minimum atomic E-state index is -3.69. The van der Waals surface area contributed by atoms with Gasteiger partial charge < -0.3 is 9.88 Å². The highest BCUT2D eigenvalue weighted by Crippen LogP contribution is 2.41. The number of thioether (sulfide) groups is 1. The van der Waals surface area contributed by atoms with E-state index in [4.69, 9.17) is 5.14 Å². The fourth-order valence-electron chi connectivity index (χ4n) is 3.33. The van der Waals surface area contributed by atoms with Crippen molar-refractivity contribution in [1.82, 2.24) is 14.9 Å². The number of rotatable bonds is 9. The van der Waals surface area contributed by atoms with Crippen LogP contribution >= 0.6 is 11.8 Å². The molecule has 7 nitrogen and oxygen atoms in total. The van der Waals surface area contributed by atoms with E-state index in [1.807, 2.05) is 24.4 Å². The Labute approximate surface area is 186 Å². The molecule has 1 aliphatic carbocycles. The van der Waals surface area contributed by atoms with E-state index in [0.29, 0.717) is 24.8 Å². The molecule has 1 heterocycles. The second-order valence-electron chi connectivity index (χ2n) is 7.47. The molecule has 3 aromatic rings. The maximum Gasteiger partial charge on any atom is 0.238 e. The average Bonchev–Trinajstić information content (AvgIpc) is 3.51. The maximum absolute atomic E-state index is 12.3. The third-order valence-electron chi connectivity index (χ3n) is 5.06. The van der Waals surface area contributed by atoms with Gasteiger partial charge in [-0.1, -0.05) is 54.2 Å². The molecule has 0 atom stereocenters. The topological polar surface area (TPSA) is 107 Å². The SMILES string of the molecule is NS(=O)(=O)c1ccc(CCNC(=O)CSc2ncc(-c3ccccc3)n2C2CC2)cc1. The summed E-state index contributed by atoms with van der Waals surface area (Å²) in [6.45, 7) is 0.473. The Morgan fingerprint density at radius 2 is 1.84 bits per heavy atom. The summed E-state index contributed by atoms with van der Waals surface area (Å²) in [6, 6.07) is 17.0. The molecule has 0 saturated heterocycles. The zero-order valence-corrected chi connectivity index (χ0v) is 18.5. The van der Waals surface area contributed by atoms with Crippen LogP contribution in [0, 0.1) is 0 Å². The van der Waals surface area contributed by atoms with Gasteiger partial charge >= 0.3 is 0 Å². The summed E-state index contributed by atoms with van der Waals surface area (Å²) in [5.41, 5.74) is 3.15. The van der Waals surface area contributed by atoms with E-state index in [2.05, 4.69) is 27.0 Å². The Morgan fingerprint density at radius 1 is 1.13 bits per heavy atom. The van der Waals surface area contributed by atoms with Crippen LogP contribution in [0.15, 0.2) is 70.8 Å². The summed E-state index contributed by atoms with van der Waals surface area (Å²) in [4.78, 5) is 17.0. The summed E-state index contributed by atoms with van der Waals surface area (Å²) >= 11 is 1.45. The second-order valence-corrected chi connectivity index (χ2v) is 9.97. The lowest BCUT2D eigenvalue weighted by Crippen LogP contribution is -2.27. The molecular weight excluding hydrogens is 432 g/mol. The first-order chi connectivity index (χ1) is 14.9. The van der Waals surface area contributed by atoms with E-state index in [0.717, 1.165) is 34.8 Å². The molecule has 1 aromatic heterocycles. The fourth-order valence-corrected chi connectivity index (χ4v) is 4.72. The Hall–Kier alpha value is -2.62. The van der Waals surface area contributed by atoms with Crippen LogP contribution in [0.4, 0.5) is 0 Å². The number of amides is 1. The molecule has 0 aliphatic heterocycles. The number of carbonyl (C=O) groups excluding carboxylic acids is 1. The van der Waals surface area contributed by atoms with Crippen LogP contribution in [0.1, 0.15) is 24.4 Å². The van der Waals surface area contributed by atoms with Crippen molar-refractivity contribution in [2.45, 2.75) is 35.4 Å². The normalized spacial score (nSPS) is 13.8. The van der Waals surface area contributed by atoms with Gasteiger partial charge in [-0.05, 0) is 42.5 Å². The lowest BCUT2D eigenvalue weighted by Gasteiger charge is -2.11. The number of aromatic nitrogens is 2. The van der Waals surface area contributed by atoms with Crippen molar-refractivity contribution in [1.29, 1.82) is 0 Å². The summed E-state index contributed by atoms with van der Waals surface area (Å²) in [6.07, 6.45) is 4.77. The largest absolute Gasteiger partial charge is 0.355 e. The Kier molecular flexibility index (Phi) is 6.45. The van der Waals surface area contributed by atoms with Gasteiger partial charge in [0.1, 0.15) is 0 Å². The third-order valence-corrected chi connectivity index (χ3v) is 6.96. The lowest BCUT2D eigenvalue weighted by atomic mass is 10.1. The number of nitrogens with one attached hydrogen (secondary N) is 1. The van der Waals surface area contributed by atoms with Crippen molar-refractivity contribution in [2.75, 3.05) is 12.3 Å². The van der Waals surface area contributed by atoms with Gasteiger partial charge in [-0.25, -0.2) is 18.5 Å². The molecule has 1 aliphatic rings. The van der Waals surface area contributed by atoms with Crippen LogP contribution in [-0.4, -0.2) is 36.2 Å². The fraction of sp³-hybridized carbons (Fsp3) is 0.273. The number of hydrogen-bond acceptors (Lipinski definition) is 5. The average molecular weight is 457 g/mol. The molecule has 0 bridgehead atoms. The maximum atomic E-state index is 12.3. The van der Waals surface area contributed by atoms with Crippen molar-refractivity contribution < 1.29 is 13.2 Å². The van der Waals surface area contributed by atoms with Crippen molar-refractivity contribution in [2.24, 2.45) is 5.14 Å². The van der Waals surface area contributed by atoms with Crippen LogP contribution in [0.25, 0.3) is 11.3 Å². The van der Waals surface area contributed by atoms with Gasteiger partial charge in [-0.3, -0.25) is 4.79 Å². The molecule has 9 heteroatoms. The van der Waals surface area contributed by atoms with Crippen molar-refractivity contribution in [3.8, 4) is 11.3 Å². The predicted octanol–water partition coefficient (Wildman–Crippen LogP) is 2.98. The molecule has 3 N–H and O–H groups in total. The Balaban J connectivity index is 1.30. The number of benzene rings is 2. The highest BCUT2D eigenvalue weighted by atomic mass is 32.2. The molecule has 1 fully saturated rings. The van der Waals surface area contributed by atoms with Gasteiger partial charge in [0.05, 0.1) is 22.5 Å². The van der Waals surface area contributed by atoms with E-state index in [1.165, 1.54) is 23.9 Å². The van der Waals surface area contributed by atoms with Gasteiger partial charge in [-0.2, -0.15) is 0 Å². The lowest BCUT2D eigenvalue weighted by molar-refractivity contribution is -0.118. The zero-order chi connectivity index (χ0) is 21.8. The minimum Gasteiger partial charge on any atom is -0.355 e. The van der Waals surface area contributed by atoms with E-state index >= 15 is 0 Å². The van der Waals surface area contributed by atoms with Crippen LogP contribution in [0.3, 0.4) is 0 Å². The van der Waals surface area contributed by atoms with Gasteiger partial charge in [-0.15, -0.1) is 0 Å². The zero-order valence-electron chi connectivity index (χ0n) is 16.9. The molecule has 4 rings (SSSR count). The van der Waals surface area contributed by atoms with Crippen molar-refractivity contribution in [3.63, 3.8) is 0 Å². The number of primary sulfonamides is 1. The number of imidazole rings is 1. The van der Waals surface area contributed by atoms with Crippen LogP contribution in [0.5, 0.6) is 0 Å². The first-order valence-electron chi connectivity index (χ1n) is 10.1. The van der Waals surface area contributed by atoms with E-state index < -0.39 is 10.0 Å². The van der Waals surface area contributed by atoms with E-state index in [-0.39, 0.29) is 10.8 Å². The molecule has 1 amide bonds. The molecule has 0 spiro atoms. The van der Waals surface area contributed by atoms with Gasteiger partial charge in [0.2, 0.25) is 15.9 Å². The second kappa shape index (κ2) is 9.25. The van der Waals surface area contributed by atoms with Crippen LogP contribution in [-0.2, 0) is 21.2 Å².